The van der Waals surface area contributed by atoms with Gasteiger partial charge in [0.25, 0.3) is 0 Å². The molecule has 1 saturated heterocycles. The number of aryl methyl sites for hydroxylation is 1. The van der Waals surface area contributed by atoms with Gasteiger partial charge in [0.15, 0.2) is 0 Å². The molecule has 2 heterocycles. The molecule has 1 fully saturated rings. The van der Waals surface area contributed by atoms with Crippen molar-refractivity contribution in [2.45, 2.75) is 44.0 Å². The number of benzene rings is 2. The number of nitrogens with zero attached hydrogens (tertiary/aromatic N) is 3. The van der Waals surface area contributed by atoms with Crippen LogP contribution in [0.2, 0.25) is 0 Å². The highest BCUT2D eigenvalue weighted by atomic mass is 32.2. The van der Waals surface area contributed by atoms with Crippen molar-refractivity contribution in [1.29, 1.82) is 0 Å². The Bertz CT molecular complexity index is 1100. The first kappa shape index (κ1) is 22.5. The first-order valence-corrected chi connectivity index (χ1v) is 12.6. The van der Waals surface area contributed by atoms with Gasteiger partial charge in [-0.1, -0.05) is 30.3 Å². The van der Waals surface area contributed by atoms with Crippen LogP contribution in [0.4, 0.5) is 5.69 Å². The average Bonchev–Trinajstić information content (AvgIpc) is 3.35. The molecule has 0 aromatic heterocycles. The lowest BCUT2D eigenvalue weighted by molar-refractivity contribution is -0.131. The van der Waals surface area contributed by atoms with Gasteiger partial charge < -0.3 is 9.80 Å². The van der Waals surface area contributed by atoms with Crippen LogP contribution in [0.5, 0.6) is 0 Å². The van der Waals surface area contributed by atoms with Crippen LogP contribution in [0.25, 0.3) is 0 Å². The van der Waals surface area contributed by atoms with Crippen molar-refractivity contribution in [3.63, 3.8) is 0 Å². The van der Waals surface area contributed by atoms with Gasteiger partial charge >= 0.3 is 0 Å². The van der Waals surface area contributed by atoms with Crippen LogP contribution in [-0.2, 0) is 32.6 Å². The summed E-state index contributed by atoms with van der Waals surface area (Å²) in [5, 5.41) is 0. The second kappa shape index (κ2) is 9.42. The lowest BCUT2D eigenvalue weighted by Crippen LogP contribution is -2.44. The van der Waals surface area contributed by atoms with Crippen molar-refractivity contribution < 1.29 is 18.0 Å². The Labute approximate surface area is 189 Å². The van der Waals surface area contributed by atoms with Crippen LogP contribution in [0, 0.1) is 0 Å². The van der Waals surface area contributed by atoms with E-state index in [1.54, 1.807) is 23.1 Å². The van der Waals surface area contributed by atoms with Gasteiger partial charge in [0, 0.05) is 38.3 Å². The topological polar surface area (TPSA) is 78.0 Å². The molecule has 0 spiro atoms. The molecule has 2 aliphatic heterocycles. The lowest BCUT2D eigenvalue weighted by atomic mass is 10.0. The molecule has 2 aliphatic rings. The number of anilines is 1. The van der Waals surface area contributed by atoms with Gasteiger partial charge in [0.1, 0.15) is 6.54 Å². The molecule has 8 heteroatoms. The predicted octanol–water partition coefficient (Wildman–Crippen LogP) is 2.80. The van der Waals surface area contributed by atoms with Crippen molar-refractivity contribution >= 4 is 27.5 Å². The van der Waals surface area contributed by atoms with Crippen LogP contribution in [0.15, 0.2) is 53.4 Å². The fourth-order valence-electron chi connectivity index (χ4n) is 4.36. The van der Waals surface area contributed by atoms with E-state index >= 15 is 0 Å². The largest absolute Gasteiger partial charge is 0.337 e. The van der Waals surface area contributed by atoms with Crippen LogP contribution in [0.3, 0.4) is 0 Å². The van der Waals surface area contributed by atoms with Crippen LogP contribution >= 0.6 is 0 Å². The summed E-state index contributed by atoms with van der Waals surface area (Å²) in [4.78, 5) is 29.2. The summed E-state index contributed by atoms with van der Waals surface area (Å²) >= 11 is 0. The summed E-state index contributed by atoms with van der Waals surface area (Å²) in [5.74, 6) is -0.247. The number of sulfonamides is 1. The zero-order valence-electron chi connectivity index (χ0n) is 18.4. The van der Waals surface area contributed by atoms with Gasteiger partial charge in [-0.25, -0.2) is 8.42 Å². The van der Waals surface area contributed by atoms with E-state index in [0.29, 0.717) is 38.3 Å². The number of hydrogen-bond donors (Lipinski definition) is 0. The molecule has 32 heavy (non-hydrogen) atoms. The number of hydrogen-bond acceptors (Lipinski definition) is 4. The minimum absolute atomic E-state index is 0.0509. The molecule has 0 saturated carbocycles. The Morgan fingerprint density at radius 2 is 1.75 bits per heavy atom. The van der Waals surface area contributed by atoms with E-state index in [0.717, 1.165) is 24.0 Å². The molecule has 4 rings (SSSR count). The maximum atomic E-state index is 13.0. The second-order valence-corrected chi connectivity index (χ2v) is 10.2. The van der Waals surface area contributed by atoms with Crippen LogP contribution in [0.1, 0.15) is 37.3 Å². The van der Waals surface area contributed by atoms with E-state index < -0.39 is 10.0 Å². The lowest BCUT2D eigenvalue weighted by Gasteiger charge is -2.31. The van der Waals surface area contributed by atoms with Crippen molar-refractivity contribution in [3.05, 3.63) is 59.7 Å². The number of rotatable bonds is 7. The fourth-order valence-corrected chi connectivity index (χ4v) is 5.93. The van der Waals surface area contributed by atoms with Gasteiger partial charge in [-0.3, -0.25) is 9.59 Å². The summed E-state index contributed by atoms with van der Waals surface area (Å²) in [7, 11) is -3.52. The smallest absolute Gasteiger partial charge is 0.243 e. The molecule has 0 atom stereocenters. The monoisotopic (exact) mass is 455 g/mol. The highest BCUT2D eigenvalue weighted by Crippen LogP contribution is 2.31. The third-order valence-corrected chi connectivity index (χ3v) is 8.09. The highest BCUT2D eigenvalue weighted by Gasteiger charge is 2.31. The van der Waals surface area contributed by atoms with E-state index in [4.69, 9.17) is 0 Å². The Balaban J connectivity index is 1.54. The number of carbonyl (C=O) groups excluding carboxylic acids is 2. The Morgan fingerprint density at radius 3 is 2.44 bits per heavy atom. The van der Waals surface area contributed by atoms with Gasteiger partial charge in [0.05, 0.1) is 4.90 Å². The highest BCUT2D eigenvalue weighted by molar-refractivity contribution is 7.89. The molecule has 0 N–H and O–H groups in total. The molecule has 7 nitrogen and oxygen atoms in total. The quantitative estimate of drug-likeness (QED) is 0.643. The van der Waals surface area contributed by atoms with Crippen molar-refractivity contribution in [2.75, 3.05) is 31.1 Å². The second-order valence-electron chi connectivity index (χ2n) is 8.28. The first-order chi connectivity index (χ1) is 15.4. The van der Waals surface area contributed by atoms with Crippen molar-refractivity contribution in [2.24, 2.45) is 0 Å². The van der Waals surface area contributed by atoms with Gasteiger partial charge in [-0.15, -0.1) is 0 Å². The summed E-state index contributed by atoms with van der Waals surface area (Å²) in [6.07, 6.45) is 2.50. The molecule has 0 bridgehead atoms. The van der Waals surface area contributed by atoms with Crippen molar-refractivity contribution in [3.8, 4) is 0 Å². The van der Waals surface area contributed by atoms with E-state index in [-0.39, 0.29) is 29.7 Å². The zero-order valence-corrected chi connectivity index (χ0v) is 19.2. The molecule has 0 aliphatic carbocycles. The number of fused-ring (bicyclic) bond motifs is 1. The summed E-state index contributed by atoms with van der Waals surface area (Å²) in [5.41, 5.74) is 2.46. The molecule has 2 amide bonds. The minimum Gasteiger partial charge on any atom is -0.337 e. The van der Waals surface area contributed by atoms with E-state index in [9.17, 15) is 18.0 Å². The standard InChI is InChI=1S/C24H29N3O4S/c1-2-25(17-19-8-4-3-5-9-19)24(29)18-27-22-12-11-21(16-20(22)10-13-23(27)28)32(30,31)26-14-6-7-15-26/h3-5,8-9,11-12,16H,2,6-7,10,13-15,17-18H2,1H3. The average molecular weight is 456 g/mol. The summed E-state index contributed by atoms with van der Waals surface area (Å²) in [6, 6.07) is 14.7. The number of carbonyl (C=O) groups is 2. The third-order valence-electron chi connectivity index (χ3n) is 6.20. The maximum Gasteiger partial charge on any atom is 0.243 e. The predicted molar refractivity (Wildman–Crippen MR) is 123 cm³/mol. The Hall–Kier alpha value is -2.71. The van der Waals surface area contributed by atoms with E-state index in [2.05, 4.69) is 0 Å². The van der Waals surface area contributed by atoms with Crippen molar-refractivity contribution in [1.82, 2.24) is 9.21 Å². The Morgan fingerprint density at radius 1 is 1.03 bits per heavy atom. The SMILES string of the molecule is CCN(Cc1ccccc1)C(=O)CN1C(=O)CCc2cc(S(=O)(=O)N3CCCC3)ccc21. The van der Waals surface area contributed by atoms with E-state index in [1.165, 1.54) is 9.21 Å². The Kier molecular flexibility index (Phi) is 6.62. The maximum absolute atomic E-state index is 13.0. The van der Waals surface area contributed by atoms with Crippen LogP contribution < -0.4 is 4.90 Å². The molecule has 2 aromatic carbocycles. The number of likely N-dealkylation sites (N-methyl/N-ethyl adjacent to an activating group) is 1. The normalized spacial score (nSPS) is 16.8. The van der Waals surface area contributed by atoms with Gasteiger partial charge in [-0.2, -0.15) is 4.31 Å². The summed E-state index contributed by atoms with van der Waals surface area (Å²) in [6.45, 7) is 3.99. The van der Waals surface area contributed by atoms with E-state index in [1.807, 2.05) is 37.3 Å². The van der Waals surface area contributed by atoms with Crippen LogP contribution in [-0.4, -0.2) is 55.6 Å². The fraction of sp³-hybridized carbons (Fsp3) is 0.417. The minimum atomic E-state index is -3.52. The molecular formula is C24H29N3O4S. The molecular weight excluding hydrogens is 426 g/mol. The molecule has 0 unspecified atom stereocenters. The number of amides is 2. The first-order valence-electron chi connectivity index (χ1n) is 11.2. The zero-order chi connectivity index (χ0) is 22.7. The third kappa shape index (κ3) is 4.56. The van der Waals surface area contributed by atoms with Gasteiger partial charge in [-0.05, 0) is 55.5 Å². The van der Waals surface area contributed by atoms with Gasteiger partial charge in [0.2, 0.25) is 21.8 Å². The molecule has 2 aromatic rings. The molecule has 0 radical (unpaired) electrons. The molecule has 170 valence electrons. The summed E-state index contributed by atoms with van der Waals surface area (Å²) < 4.78 is 27.4.